The van der Waals surface area contributed by atoms with Gasteiger partial charge in [0.05, 0.1) is 23.5 Å². The van der Waals surface area contributed by atoms with Crippen LogP contribution in [0.4, 0.5) is 5.69 Å². The summed E-state index contributed by atoms with van der Waals surface area (Å²) < 4.78 is 0. The Kier molecular flexibility index (Phi) is 7.33. The average Bonchev–Trinajstić information content (AvgIpc) is 2.47. The number of rotatable bonds is 7. The number of benzene rings is 1. The first-order valence-electron chi connectivity index (χ1n) is 6.62. The maximum atomic E-state index is 11.7. The molecule has 0 aliphatic carbocycles. The van der Waals surface area contributed by atoms with Crippen molar-refractivity contribution in [1.82, 2.24) is 5.32 Å². The van der Waals surface area contributed by atoms with Gasteiger partial charge in [0.1, 0.15) is 0 Å². The number of amides is 2. The van der Waals surface area contributed by atoms with Gasteiger partial charge in [0, 0.05) is 12.2 Å². The second-order valence-corrected chi connectivity index (χ2v) is 5.73. The molecule has 0 fully saturated rings. The summed E-state index contributed by atoms with van der Waals surface area (Å²) in [6, 6.07) is 9.57. The van der Waals surface area contributed by atoms with E-state index in [2.05, 4.69) is 10.6 Å². The highest BCUT2D eigenvalue weighted by molar-refractivity contribution is 8.00. The van der Waals surface area contributed by atoms with E-state index >= 15 is 0 Å². The van der Waals surface area contributed by atoms with E-state index in [-0.39, 0.29) is 29.2 Å². The highest BCUT2D eigenvalue weighted by Crippen LogP contribution is 2.09. The number of hydrogen-bond donors (Lipinski definition) is 2. The Balaban J connectivity index is 2.20. The SMILES string of the molecule is Cc1ccc(NC(=O)CSCC(=O)NC[C@H](C)C#N)cc1. The number of hydrogen-bond acceptors (Lipinski definition) is 4. The number of carbonyl (C=O) groups is 2. The van der Waals surface area contributed by atoms with Gasteiger partial charge in [-0.15, -0.1) is 11.8 Å². The lowest BCUT2D eigenvalue weighted by Gasteiger charge is -2.07. The average molecular weight is 305 g/mol. The van der Waals surface area contributed by atoms with Gasteiger partial charge >= 0.3 is 0 Å². The van der Waals surface area contributed by atoms with E-state index in [1.165, 1.54) is 11.8 Å². The Labute approximate surface area is 129 Å². The number of aryl methyl sites for hydroxylation is 1. The van der Waals surface area contributed by atoms with Gasteiger partial charge in [0.2, 0.25) is 11.8 Å². The molecule has 0 saturated carbocycles. The molecule has 0 unspecified atom stereocenters. The van der Waals surface area contributed by atoms with Gasteiger partial charge in [0.25, 0.3) is 0 Å². The van der Waals surface area contributed by atoms with Crippen LogP contribution in [0.25, 0.3) is 0 Å². The predicted molar refractivity (Wildman–Crippen MR) is 84.9 cm³/mol. The number of anilines is 1. The van der Waals surface area contributed by atoms with E-state index in [9.17, 15) is 9.59 Å². The molecule has 112 valence electrons. The summed E-state index contributed by atoms with van der Waals surface area (Å²) in [4.78, 5) is 23.2. The summed E-state index contributed by atoms with van der Waals surface area (Å²) >= 11 is 1.24. The molecule has 1 aromatic carbocycles. The third-order valence-electron chi connectivity index (χ3n) is 2.63. The van der Waals surface area contributed by atoms with Crippen LogP contribution >= 0.6 is 11.8 Å². The third kappa shape index (κ3) is 7.37. The molecular weight excluding hydrogens is 286 g/mol. The second-order valence-electron chi connectivity index (χ2n) is 4.74. The van der Waals surface area contributed by atoms with E-state index in [4.69, 9.17) is 5.26 Å². The Morgan fingerprint density at radius 2 is 1.86 bits per heavy atom. The molecule has 0 radical (unpaired) electrons. The molecule has 2 amide bonds. The van der Waals surface area contributed by atoms with Crippen molar-refractivity contribution in [1.29, 1.82) is 5.26 Å². The van der Waals surface area contributed by atoms with Crippen molar-refractivity contribution < 1.29 is 9.59 Å². The molecule has 1 rings (SSSR count). The quantitative estimate of drug-likeness (QED) is 0.806. The van der Waals surface area contributed by atoms with Crippen molar-refractivity contribution >= 4 is 29.3 Å². The molecule has 5 nitrogen and oxygen atoms in total. The standard InChI is InChI=1S/C15H19N3O2S/c1-11-3-5-13(6-4-11)18-15(20)10-21-9-14(19)17-8-12(2)7-16/h3-6,12H,8-10H2,1-2H3,(H,17,19)(H,18,20)/t12-/m1/s1. The minimum absolute atomic E-state index is 0.137. The Bertz CT molecular complexity index is 523. The van der Waals surface area contributed by atoms with Gasteiger partial charge in [-0.3, -0.25) is 9.59 Å². The maximum Gasteiger partial charge on any atom is 0.234 e. The molecule has 0 bridgehead atoms. The van der Waals surface area contributed by atoms with Crippen LogP contribution < -0.4 is 10.6 Å². The van der Waals surface area contributed by atoms with E-state index in [1.807, 2.05) is 37.3 Å². The summed E-state index contributed by atoms with van der Waals surface area (Å²) in [5.74, 6) is -0.0785. The summed E-state index contributed by atoms with van der Waals surface area (Å²) in [5, 5.41) is 14.0. The van der Waals surface area contributed by atoms with Crippen LogP contribution in [0.5, 0.6) is 0 Å². The highest BCUT2D eigenvalue weighted by Gasteiger charge is 2.07. The van der Waals surface area contributed by atoms with Crippen molar-refractivity contribution in [2.75, 3.05) is 23.4 Å². The number of thioether (sulfide) groups is 1. The molecule has 0 aromatic heterocycles. The molecule has 1 atom stereocenters. The number of nitrogens with zero attached hydrogens (tertiary/aromatic N) is 1. The second kappa shape index (κ2) is 9.03. The van der Waals surface area contributed by atoms with Crippen LogP contribution in [0, 0.1) is 24.2 Å². The van der Waals surface area contributed by atoms with Gasteiger partial charge < -0.3 is 10.6 Å². The first-order chi connectivity index (χ1) is 10.0. The number of nitriles is 1. The summed E-state index contributed by atoms with van der Waals surface area (Å²) in [6.45, 7) is 4.06. The first-order valence-corrected chi connectivity index (χ1v) is 7.77. The minimum atomic E-state index is -0.205. The normalized spacial score (nSPS) is 11.3. The summed E-state index contributed by atoms with van der Waals surface area (Å²) in [6.07, 6.45) is 0. The Morgan fingerprint density at radius 1 is 1.24 bits per heavy atom. The van der Waals surface area contributed by atoms with Gasteiger partial charge in [-0.2, -0.15) is 5.26 Å². The van der Waals surface area contributed by atoms with Crippen molar-refractivity contribution in [2.45, 2.75) is 13.8 Å². The summed E-state index contributed by atoms with van der Waals surface area (Å²) in [5.41, 5.74) is 1.88. The smallest absolute Gasteiger partial charge is 0.234 e. The van der Waals surface area contributed by atoms with Crippen LogP contribution in [-0.2, 0) is 9.59 Å². The molecule has 1 aromatic rings. The summed E-state index contributed by atoms with van der Waals surface area (Å²) in [7, 11) is 0. The van der Waals surface area contributed by atoms with Gasteiger partial charge in [-0.25, -0.2) is 0 Å². The lowest BCUT2D eigenvalue weighted by molar-refractivity contribution is -0.118. The monoisotopic (exact) mass is 305 g/mol. The zero-order chi connectivity index (χ0) is 15.7. The predicted octanol–water partition coefficient (Wildman–Crippen LogP) is 1.94. The zero-order valence-electron chi connectivity index (χ0n) is 12.2. The highest BCUT2D eigenvalue weighted by atomic mass is 32.2. The minimum Gasteiger partial charge on any atom is -0.354 e. The molecular formula is C15H19N3O2S. The molecule has 0 heterocycles. The lowest BCUT2D eigenvalue weighted by atomic mass is 10.2. The van der Waals surface area contributed by atoms with E-state index in [0.29, 0.717) is 6.54 Å². The van der Waals surface area contributed by atoms with Crippen molar-refractivity contribution in [3.8, 4) is 6.07 Å². The van der Waals surface area contributed by atoms with Crippen molar-refractivity contribution in [3.63, 3.8) is 0 Å². The van der Waals surface area contributed by atoms with Gasteiger partial charge in [0.15, 0.2) is 0 Å². The van der Waals surface area contributed by atoms with Crippen molar-refractivity contribution in [3.05, 3.63) is 29.8 Å². The zero-order valence-corrected chi connectivity index (χ0v) is 13.0. The Morgan fingerprint density at radius 3 is 2.48 bits per heavy atom. The van der Waals surface area contributed by atoms with Crippen molar-refractivity contribution in [2.24, 2.45) is 5.92 Å². The molecule has 0 aliphatic rings. The fourth-order valence-corrected chi connectivity index (χ4v) is 2.08. The van der Waals surface area contributed by atoms with E-state index in [0.717, 1.165) is 11.3 Å². The van der Waals surface area contributed by atoms with Crippen LogP contribution in [0.3, 0.4) is 0 Å². The van der Waals surface area contributed by atoms with Crippen LogP contribution in [0.1, 0.15) is 12.5 Å². The molecule has 21 heavy (non-hydrogen) atoms. The van der Waals surface area contributed by atoms with E-state index < -0.39 is 0 Å². The lowest BCUT2D eigenvalue weighted by Crippen LogP contribution is -2.29. The molecule has 0 spiro atoms. The molecule has 0 saturated heterocycles. The number of nitrogens with one attached hydrogen (secondary N) is 2. The largest absolute Gasteiger partial charge is 0.354 e. The fourth-order valence-electron chi connectivity index (χ4n) is 1.43. The number of carbonyl (C=O) groups excluding carboxylic acids is 2. The maximum absolute atomic E-state index is 11.7. The van der Waals surface area contributed by atoms with Crippen LogP contribution in [0.15, 0.2) is 24.3 Å². The molecule has 6 heteroatoms. The topological polar surface area (TPSA) is 82.0 Å². The van der Waals surface area contributed by atoms with Gasteiger partial charge in [-0.05, 0) is 26.0 Å². The van der Waals surface area contributed by atoms with Crippen LogP contribution in [-0.4, -0.2) is 29.9 Å². The first kappa shape index (κ1) is 17.1. The van der Waals surface area contributed by atoms with Crippen LogP contribution in [0.2, 0.25) is 0 Å². The fraction of sp³-hybridized carbons (Fsp3) is 0.400. The van der Waals surface area contributed by atoms with Gasteiger partial charge in [-0.1, -0.05) is 17.7 Å². The third-order valence-corrected chi connectivity index (χ3v) is 3.56. The van der Waals surface area contributed by atoms with E-state index in [1.54, 1.807) is 6.92 Å². The molecule has 2 N–H and O–H groups in total. The Hall–Kier alpha value is -2.00. The molecule has 0 aliphatic heterocycles.